The van der Waals surface area contributed by atoms with Gasteiger partial charge < -0.3 is 86.8 Å². The zero-order valence-electron chi connectivity index (χ0n) is 94.8. The summed E-state index contributed by atoms with van der Waals surface area (Å²) in [6, 6.07) is 68.2. The summed E-state index contributed by atoms with van der Waals surface area (Å²) in [5.74, 6) is 0.674. The summed E-state index contributed by atoms with van der Waals surface area (Å²) in [4.78, 5) is 13.3. The Morgan fingerprint density at radius 3 is 0.784 bits per heavy atom. The number of carboxylic acid groups (broad SMARTS) is 1. The minimum atomic E-state index is -1.09. The average molecular weight is 2040 g/mol. The van der Waals surface area contributed by atoms with Gasteiger partial charge in [-0.3, -0.25) is 0 Å². The molecule has 0 atom stereocenters. The normalized spacial score (nSPS) is 11.8. The third-order valence-electron chi connectivity index (χ3n) is 24.5. The molecule has 0 heterocycles. The number of benzene rings is 13. The quantitative estimate of drug-likeness (QED) is 0.0597. The van der Waals surface area contributed by atoms with Gasteiger partial charge in [-0.15, -0.1) is 0 Å². The van der Waals surface area contributed by atoms with Gasteiger partial charge >= 0.3 is 5.97 Å². The fourth-order valence-electron chi connectivity index (χ4n) is 16.2. The van der Waals surface area contributed by atoms with Crippen molar-refractivity contribution in [1.29, 1.82) is 0 Å². The SMILES string of the molecule is CC(C)(C)CC(C)(C)Cc1ccc(O)cc1.CC(C)(C)c1cc(C(=O)O)c(O)c(C(C)(C)C)c1.CC(C)(C)c1cc(O)c(O)c(C(C)(C)C)c1.CC(C)(C)c1ccc(O)c(-c2cc(C(C)(C)C)ccc2O)c1.CC(C)(C)c1ccc(O)c(O)c1.Cc1c(C(C)(C)C)cc(C(C)(C)C)c(O)c1O.Cc1ccc(O)c(-c2cc(C)ccc2O)c1.Cc1ccc(O)c(-c2cc(C)ccc2O)c1.Oc1ccc(Sc2ccc(O)cc2)cc1. The number of rotatable bonds is 9. The Kier molecular flexibility index (Phi) is 42.2. The lowest BCUT2D eigenvalue weighted by atomic mass is 9.73. The van der Waals surface area contributed by atoms with E-state index in [0.717, 1.165) is 88.5 Å². The molecule has 0 amide bonds. The lowest BCUT2D eigenvalue weighted by Gasteiger charge is -2.32. The largest absolute Gasteiger partial charge is 0.508 e. The average Bonchev–Trinajstić information content (AvgIpc) is 0.804. The summed E-state index contributed by atoms with van der Waals surface area (Å²) < 4.78 is 0. The highest BCUT2D eigenvalue weighted by molar-refractivity contribution is 7.99. The molecule has 13 aromatic rings. The van der Waals surface area contributed by atoms with Crippen LogP contribution in [-0.4, -0.2) is 92.8 Å². The first-order chi connectivity index (χ1) is 67.4. The number of carboxylic acids is 1. The molecule has 13 rings (SSSR count). The molecule has 0 saturated carbocycles. The van der Waals surface area contributed by atoms with E-state index >= 15 is 0 Å². The van der Waals surface area contributed by atoms with Crippen LogP contribution in [0.25, 0.3) is 33.4 Å². The number of hydrogen-bond acceptors (Lipinski definition) is 18. The molecule has 0 bridgehead atoms. The van der Waals surface area contributed by atoms with E-state index in [1.165, 1.54) is 18.1 Å². The van der Waals surface area contributed by atoms with Gasteiger partial charge in [-0.2, -0.15) is 0 Å². The first kappa shape index (κ1) is 125. The van der Waals surface area contributed by atoms with Crippen LogP contribution in [0.3, 0.4) is 0 Å². The Morgan fingerprint density at radius 2 is 0.493 bits per heavy atom. The number of hydrogen-bond donors (Lipinski definition) is 17. The summed E-state index contributed by atoms with van der Waals surface area (Å²) in [7, 11) is 0. The van der Waals surface area contributed by atoms with E-state index in [1.807, 2.05) is 251 Å². The highest BCUT2D eigenvalue weighted by Gasteiger charge is 2.32. The van der Waals surface area contributed by atoms with Crippen molar-refractivity contribution >= 4 is 17.7 Å². The summed E-state index contributed by atoms with van der Waals surface area (Å²) in [5, 5.41) is 164. The lowest BCUT2D eigenvalue weighted by molar-refractivity contribution is 0.0692. The molecular formula is C129H170O18S. The molecule has 0 spiro atoms. The van der Waals surface area contributed by atoms with Crippen molar-refractivity contribution in [2.45, 2.75) is 328 Å². The van der Waals surface area contributed by atoms with Crippen LogP contribution >= 0.6 is 11.8 Å². The lowest BCUT2D eigenvalue weighted by Crippen LogP contribution is -2.22. The molecule has 13 aromatic carbocycles. The van der Waals surface area contributed by atoms with Crippen molar-refractivity contribution in [2.75, 3.05) is 0 Å². The molecule has 19 heteroatoms. The Bertz CT molecular complexity index is 6270. The van der Waals surface area contributed by atoms with Crippen molar-refractivity contribution in [3.05, 3.63) is 320 Å². The highest BCUT2D eigenvalue weighted by Crippen LogP contribution is 2.49. The van der Waals surface area contributed by atoms with Crippen molar-refractivity contribution < 1.29 is 91.6 Å². The smallest absolute Gasteiger partial charge is 0.339 e. The van der Waals surface area contributed by atoms with Crippen LogP contribution in [0.15, 0.2) is 240 Å². The van der Waals surface area contributed by atoms with Gasteiger partial charge in [0, 0.05) is 59.9 Å². The van der Waals surface area contributed by atoms with Gasteiger partial charge in [0.15, 0.2) is 34.5 Å². The fraction of sp³-hybridized carbons (Fsp3) is 0.388. The monoisotopic (exact) mass is 2040 g/mol. The third-order valence-corrected chi connectivity index (χ3v) is 25.5. The topological polar surface area (TPSA) is 361 Å². The number of phenolic OH excluding ortho intramolecular Hbond substituents is 15. The molecule has 18 nitrogen and oxygen atoms in total. The van der Waals surface area contributed by atoms with Gasteiger partial charge in [0.05, 0.1) is 0 Å². The maximum Gasteiger partial charge on any atom is 0.339 e. The second-order valence-corrected chi connectivity index (χ2v) is 50.9. The van der Waals surface area contributed by atoms with Crippen LogP contribution in [0.1, 0.15) is 322 Å². The van der Waals surface area contributed by atoms with Crippen LogP contribution in [0, 0.1) is 45.4 Å². The van der Waals surface area contributed by atoms with Gasteiger partial charge in [-0.1, -0.05) is 328 Å². The molecule has 0 aliphatic rings. The van der Waals surface area contributed by atoms with E-state index in [0.29, 0.717) is 55.5 Å². The minimum Gasteiger partial charge on any atom is -0.508 e. The molecular weight excluding hydrogens is 1870 g/mol. The highest BCUT2D eigenvalue weighted by atomic mass is 32.2. The molecule has 148 heavy (non-hydrogen) atoms. The third kappa shape index (κ3) is 38.3. The van der Waals surface area contributed by atoms with E-state index in [2.05, 4.69) is 138 Å². The first-order valence-electron chi connectivity index (χ1n) is 50.1. The first-order valence-corrected chi connectivity index (χ1v) is 50.9. The molecule has 0 saturated heterocycles. The Hall–Kier alpha value is -13.5. The maximum atomic E-state index is 11.2. The van der Waals surface area contributed by atoms with Crippen LogP contribution in [-0.2, 0) is 55.2 Å². The molecule has 17 N–H and O–H groups in total. The summed E-state index contributed by atoms with van der Waals surface area (Å²) in [6.07, 6.45) is 2.26. The van der Waals surface area contributed by atoms with E-state index in [1.54, 1.807) is 103 Å². The van der Waals surface area contributed by atoms with E-state index < -0.39 is 5.97 Å². The summed E-state index contributed by atoms with van der Waals surface area (Å²) in [6.45, 7) is 76.8. The summed E-state index contributed by atoms with van der Waals surface area (Å²) >= 11 is 1.58. The molecule has 800 valence electrons. The van der Waals surface area contributed by atoms with Crippen LogP contribution in [0.5, 0.6) is 92.0 Å². The molecule has 0 unspecified atom stereocenters. The second-order valence-electron chi connectivity index (χ2n) is 49.7. The number of aryl methyl sites for hydroxylation is 4. The Morgan fingerprint density at radius 1 is 0.230 bits per heavy atom. The van der Waals surface area contributed by atoms with Gasteiger partial charge in [-0.05, 0) is 309 Å². The number of aromatic hydroxyl groups is 16. The van der Waals surface area contributed by atoms with Crippen LogP contribution in [0.2, 0.25) is 0 Å². The fourth-order valence-corrected chi connectivity index (χ4v) is 17.1. The number of carbonyl (C=O) groups is 1. The Balaban J connectivity index is 0.000000294. The summed E-state index contributed by atoms with van der Waals surface area (Å²) in [5.41, 5.74) is 18.6. The van der Waals surface area contributed by atoms with Crippen LogP contribution in [0.4, 0.5) is 0 Å². The molecule has 0 radical (unpaired) electrons. The zero-order chi connectivity index (χ0) is 113. The second kappa shape index (κ2) is 50.0. The molecule has 0 aromatic heterocycles. The van der Waals surface area contributed by atoms with E-state index in [4.69, 9.17) is 15.3 Å². The standard InChI is InChI=1S/C20H26O2.C15H22O3.C15H24O2.C15H24O.2C14H14O2.C14H22O2.C12H10O2S.C10H14O2/c1-19(2,3)13-7-9-17(21)15(11-13)16-12-14(20(4,5)6)8-10-18(16)22;1-14(2,3)9-7-10(13(17)18)12(16)11(8-9)15(4,5)6;1-9-10(14(2,3)4)8-11(15(5,6)7)13(17)12(9)16;1-14(2,3)11-15(4,5)10-12-6-8-13(16)9-7-12;2*1-9-3-5-13(15)11(7-9)12-8-10(2)4-6-14(12)16;1-13(2,3)9-7-10(14(4,5)6)12(16)11(15)8-9;13-9-1-5-11(6-2-9)15-12-7-3-10(14)4-8-12;1-10(2,3)7-4-5-8(11)9(12)6-7/h7-12,21-22H,1-6H3;7-8,16H,1-6H3,(H,17,18);8,16-17H,1-7H3;6-9,16H,10-11H2,1-5H3;2*3-8,15-16H,1-2H3;7-8,15-16H,1-6H3;1-8,13-14H;4-6,11-12H,1-3H3. The van der Waals surface area contributed by atoms with Crippen molar-refractivity contribution in [2.24, 2.45) is 10.8 Å². The van der Waals surface area contributed by atoms with Crippen molar-refractivity contribution in [3.8, 4) is 125 Å². The maximum absolute atomic E-state index is 11.2. The van der Waals surface area contributed by atoms with E-state index in [-0.39, 0.29) is 141 Å². The van der Waals surface area contributed by atoms with Gasteiger partial charge in [-0.25, -0.2) is 4.79 Å². The predicted molar refractivity (Wildman–Crippen MR) is 612 cm³/mol. The van der Waals surface area contributed by atoms with Crippen molar-refractivity contribution in [1.82, 2.24) is 0 Å². The minimum absolute atomic E-state index is 0.000463. The molecule has 0 aliphatic carbocycles. The Labute approximate surface area is 887 Å². The molecule has 0 aliphatic heterocycles. The number of phenols is 16. The van der Waals surface area contributed by atoms with Crippen molar-refractivity contribution in [3.63, 3.8) is 0 Å². The molecule has 0 fully saturated rings. The van der Waals surface area contributed by atoms with E-state index in [9.17, 15) is 76.3 Å². The predicted octanol–water partition coefficient (Wildman–Crippen LogP) is 33.5. The number of aromatic carboxylic acids is 1. The zero-order valence-corrected chi connectivity index (χ0v) is 95.6. The van der Waals surface area contributed by atoms with Crippen LogP contribution < -0.4 is 0 Å². The van der Waals surface area contributed by atoms with Gasteiger partial charge in [0.2, 0.25) is 0 Å². The van der Waals surface area contributed by atoms with Gasteiger partial charge in [0.25, 0.3) is 0 Å². The van der Waals surface area contributed by atoms with Gasteiger partial charge in [0.1, 0.15) is 63.1 Å².